The minimum absolute atomic E-state index is 0.0613. The van der Waals surface area contributed by atoms with Crippen molar-refractivity contribution in [1.29, 1.82) is 0 Å². The smallest absolute Gasteiger partial charge is 0.376 e. The van der Waals surface area contributed by atoms with Gasteiger partial charge >= 0.3 is 11.9 Å². The Labute approximate surface area is 173 Å². The average molecular weight is 404 g/mol. The van der Waals surface area contributed by atoms with Crippen molar-refractivity contribution in [3.63, 3.8) is 0 Å². The molecule has 0 bridgehead atoms. The third-order valence-corrected chi connectivity index (χ3v) is 4.80. The molecule has 1 unspecified atom stereocenters. The fourth-order valence-electron chi connectivity index (χ4n) is 3.33. The number of rotatable bonds is 5. The van der Waals surface area contributed by atoms with Crippen molar-refractivity contribution in [2.45, 2.75) is 12.3 Å². The lowest BCUT2D eigenvalue weighted by Crippen LogP contribution is -2.53. The molecule has 0 spiro atoms. The predicted molar refractivity (Wildman–Crippen MR) is 113 cm³/mol. The first-order valence-corrected chi connectivity index (χ1v) is 9.13. The van der Waals surface area contributed by atoms with Gasteiger partial charge in [-0.15, -0.1) is 0 Å². The van der Waals surface area contributed by atoms with Crippen LogP contribution in [0.1, 0.15) is 18.1 Å². The molecule has 0 N–H and O–H groups in total. The summed E-state index contributed by atoms with van der Waals surface area (Å²) in [5.74, 6) is -2.93. The molecule has 0 radical (unpaired) electrons. The van der Waals surface area contributed by atoms with Crippen LogP contribution in [0, 0.1) is 0 Å². The van der Waals surface area contributed by atoms with Gasteiger partial charge in [-0.25, -0.2) is 14.8 Å². The van der Waals surface area contributed by atoms with Gasteiger partial charge in [0.25, 0.3) is 5.78 Å². The summed E-state index contributed by atoms with van der Waals surface area (Å²) >= 11 is 0. The molecule has 2 aromatic rings. The maximum absolute atomic E-state index is 13.1. The lowest BCUT2D eigenvalue weighted by Gasteiger charge is -2.28. The molecule has 1 aliphatic heterocycles. The number of carbonyl (C=O) groups is 3. The van der Waals surface area contributed by atoms with Crippen molar-refractivity contribution in [2.24, 2.45) is 9.98 Å². The molecule has 1 heterocycles. The maximum Gasteiger partial charge on any atom is 0.376 e. The first kappa shape index (κ1) is 20.9. The molecule has 2 aromatic carbocycles. The van der Waals surface area contributed by atoms with Gasteiger partial charge in [-0.05, 0) is 24.6 Å². The second-order valence-electron chi connectivity index (χ2n) is 6.49. The van der Waals surface area contributed by atoms with Gasteiger partial charge in [0.2, 0.25) is 5.41 Å². The Hall–Kier alpha value is -3.87. The number of aliphatic imine (C=N–C) groups is 2. The number of Topliss-reactive ketones (excluding diaryl/α,β-unsaturated/α-hetero) is 1. The molecule has 1 aliphatic rings. The first-order chi connectivity index (χ1) is 14.4. The van der Waals surface area contributed by atoms with Gasteiger partial charge in [0.05, 0.1) is 19.9 Å². The van der Waals surface area contributed by atoms with E-state index >= 15 is 0 Å². The van der Waals surface area contributed by atoms with Crippen molar-refractivity contribution in [3.05, 3.63) is 71.8 Å². The van der Waals surface area contributed by atoms with Gasteiger partial charge in [0.15, 0.2) is 5.84 Å². The van der Waals surface area contributed by atoms with Crippen molar-refractivity contribution in [1.82, 2.24) is 0 Å². The van der Waals surface area contributed by atoms with Crippen LogP contribution < -0.4 is 0 Å². The van der Waals surface area contributed by atoms with E-state index in [1.165, 1.54) is 6.92 Å². The zero-order valence-corrected chi connectivity index (χ0v) is 16.8. The lowest BCUT2D eigenvalue weighted by atomic mass is 9.72. The number of hydrogen-bond donors (Lipinski definition) is 0. The van der Waals surface area contributed by atoms with Crippen molar-refractivity contribution in [3.8, 4) is 0 Å². The number of carbonyl (C=O) groups excluding carboxylic acids is 3. The van der Waals surface area contributed by atoms with Crippen LogP contribution in [0.4, 0.5) is 5.69 Å². The number of methoxy groups -OCH3 is 2. The highest BCUT2D eigenvalue weighted by Crippen LogP contribution is 2.38. The van der Waals surface area contributed by atoms with Gasteiger partial charge < -0.3 is 9.47 Å². The third-order valence-electron chi connectivity index (χ3n) is 4.80. The van der Waals surface area contributed by atoms with Crippen LogP contribution in [0.3, 0.4) is 0 Å². The van der Waals surface area contributed by atoms with Gasteiger partial charge in [0.1, 0.15) is 0 Å². The summed E-state index contributed by atoms with van der Waals surface area (Å²) in [6, 6.07) is 16.1. The Bertz CT molecular complexity index is 1090. The van der Waals surface area contributed by atoms with Crippen LogP contribution in [0.2, 0.25) is 0 Å². The fourth-order valence-corrected chi connectivity index (χ4v) is 3.33. The number of esters is 2. The number of amidine groups is 1. The molecule has 0 aromatic heterocycles. The number of ketones is 1. The molecule has 7 heteroatoms. The Morgan fingerprint density at radius 1 is 0.867 bits per heavy atom. The minimum Gasteiger partial charge on any atom is -0.468 e. The van der Waals surface area contributed by atoms with E-state index in [9.17, 15) is 14.4 Å². The number of nitrogens with zero attached hydrogens (tertiary/aromatic N) is 2. The molecule has 0 aliphatic carbocycles. The van der Waals surface area contributed by atoms with Crippen LogP contribution in [0.15, 0.2) is 70.7 Å². The van der Waals surface area contributed by atoms with E-state index in [-0.39, 0.29) is 17.1 Å². The second kappa shape index (κ2) is 8.65. The highest BCUT2D eigenvalue weighted by Gasteiger charge is 2.56. The van der Waals surface area contributed by atoms with Crippen molar-refractivity contribution < 1.29 is 23.9 Å². The van der Waals surface area contributed by atoms with E-state index in [2.05, 4.69) is 14.7 Å². The SMILES string of the molecule is COC(=O)C(=O)C1(C(=O)OC)C(C)=NC(/C=C/c2ccccc2)=Nc2ccccc21. The summed E-state index contributed by atoms with van der Waals surface area (Å²) in [7, 11) is 2.22. The zero-order valence-electron chi connectivity index (χ0n) is 16.8. The summed E-state index contributed by atoms with van der Waals surface area (Å²) in [6.07, 6.45) is 3.48. The summed E-state index contributed by atoms with van der Waals surface area (Å²) < 4.78 is 9.56. The molecule has 1 atom stereocenters. The number of hydrogen-bond acceptors (Lipinski definition) is 7. The van der Waals surface area contributed by atoms with E-state index in [0.29, 0.717) is 5.69 Å². The monoisotopic (exact) mass is 404 g/mol. The molecule has 0 saturated carbocycles. The van der Waals surface area contributed by atoms with Gasteiger partial charge in [-0.2, -0.15) is 0 Å². The number of para-hydroxylation sites is 1. The first-order valence-electron chi connectivity index (χ1n) is 9.13. The maximum atomic E-state index is 13.1. The van der Waals surface area contributed by atoms with Crippen LogP contribution in [-0.2, 0) is 29.3 Å². The Morgan fingerprint density at radius 3 is 2.20 bits per heavy atom. The molecule has 152 valence electrons. The highest BCUT2D eigenvalue weighted by atomic mass is 16.5. The molecule has 0 amide bonds. The number of benzene rings is 2. The van der Waals surface area contributed by atoms with Crippen LogP contribution in [0.25, 0.3) is 6.08 Å². The number of ether oxygens (including phenoxy) is 2. The number of fused-ring (bicyclic) bond motifs is 1. The van der Waals surface area contributed by atoms with Gasteiger partial charge in [-0.3, -0.25) is 9.59 Å². The Kier molecular flexibility index (Phi) is 6.01. The quantitative estimate of drug-likeness (QED) is 0.434. The van der Waals surface area contributed by atoms with E-state index in [0.717, 1.165) is 19.8 Å². The average Bonchev–Trinajstić information content (AvgIpc) is 2.90. The van der Waals surface area contributed by atoms with Crippen LogP contribution >= 0.6 is 0 Å². The standard InChI is InChI=1S/C23H20N2O5/c1-15-23(22(28)30-3,20(26)21(27)29-2)17-11-7-8-12-18(17)25-19(24-15)14-13-16-9-5-4-6-10-16/h4-14H,1-3H3/b14-13+. The van der Waals surface area contributed by atoms with E-state index in [4.69, 9.17) is 4.74 Å². The van der Waals surface area contributed by atoms with Gasteiger partial charge in [0, 0.05) is 11.3 Å². The van der Waals surface area contributed by atoms with E-state index in [1.807, 2.05) is 36.4 Å². The molecular formula is C23H20N2O5. The molecule has 30 heavy (non-hydrogen) atoms. The molecular weight excluding hydrogens is 384 g/mol. The van der Waals surface area contributed by atoms with Gasteiger partial charge in [-0.1, -0.05) is 54.6 Å². The minimum atomic E-state index is -2.09. The molecule has 0 fully saturated rings. The van der Waals surface area contributed by atoms with Crippen molar-refractivity contribution >= 4 is 41.0 Å². The second-order valence-corrected chi connectivity index (χ2v) is 6.49. The summed E-state index contributed by atoms with van der Waals surface area (Å²) in [5.41, 5.74) is -0.573. The third kappa shape index (κ3) is 3.57. The van der Waals surface area contributed by atoms with Crippen LogP contribution in [0.5, 0.6) is 0 Å². The fraction of sp³-hybridized carbons (Fsp3) is 0.174. The predicted octanol–water partition coefficient (Wildman–Crippen LogP) is 3.06. The topological polar surface area (TPSA) is 94.4 Å². The Morgan fingerprint density at radius 2 is 1.53 bits per heavy atom. The van der Waals surface area contributed by atoms with E-state index in [1.54, 1.807) is 30.3 Å². The van der Waals surface area contributed by atoms with E-state index < -0.39 is 23.1 Å². The van der Waals surface area contributed by atoms with Crippen molar-refractivity contribution in [2.75, 3.05) is 14.2 Å². The summed E-state index contributed by atoms with van der Waals surface area (Å²) in [6.45, 7) is 1.49. The largest absolute Gasteiger partial charge is 0.468 e. The lowest BCUT2D eigenvalue weighted by molar-refractivity contribution is -0.159. The Balaban J connectivity index is 2.24. The zero-order chi connectivity index (χ0) is 21.7. The summed E-state index contributed by atoms with van der Waals surface area (Å²) in [5, 5.41) is 0. The molecule has 7 nitrogen and oxygen atoms in total. The summed E-state index contributed by atoms with van der Waals surface area (Å²) in [4.78, 5) is 47.2. The van der Waals surface area contributed by atoms with Crippen LogP contribution in [-0.4, -0.2) is 43.5 Å². The highest BCUT2D eigenvalue weighted by molar-refractivity contribution is 6.50. The molecule has 3 rings (SSSR count). The molecule has 0 saturated heterocycles. The normalized spacial score (nSPS) is 18.0.